The number of carbonyl (C=O) groups is 1. The van der Waals surface area contributed by atoms with Crippen molar-refractivity contribution in [1.82, 2.24) is 30.8 Å². The van der Waals surface area contributed by atoms with Crippen LogP contribution in [0.4, 0.5) is 4.79 Å². The summed E-state index contributed by atoms with van der Waals surface area (Å²) in [6.45, 7) is 4.22. The number of nitrogens with one attached hydrogen (secondary N) is 2. The summed E-state index contributed by atoms with van der Waals surface area (Å²) in [6.07, 6.45) is 0. The van der Waals surface area contributed by atoms with E-state index in [-0.39, 0.29) is 12.1 Å². The first-order valence-electron chi connectivity index (χ1n) is 5.14. The number of morpholine rings is 1. The van der Waals surface area contributed by atoms with E-state index in [2.05, 4.69) is 25.9 Å². The summed E-state index contributed by atoms with van der Waals surface area (Å²) in [7, 11) is 0. The molecule has 0 spiro atoms. The van der Waals surface area contributed by atoms with Crippen molar-refractivity contribution in [3.8, 4) is 0 Å². The first-order valence-corrected chi connectivity index (χ1v) is 5.14. The Morgan fingerprint density at radius 3 is 2.94 bits per heavy atom. The predicted molar refractivity (Wildman–Crippen MR) is 53.5 cm³/mol. The van der Waals surface area contributed by atoms with Gasteiger partial charge in [-0.2, -0.15) is 5.21 Å². The number of hydrogen-bond donors (Lipinski definition) is 2. The lowest BCUT2D eigenvalue weighted by atomic mass is 10.3. The molecule has 1 aromatic rings. The molecule has 0 bridgehead atoms. The topological polar surface area (TPSA) is 96.0 Å². The van der Waals surface area contributed by atoms with Crippen LogP contribution in [0.2, 0.25) is 0 Å². The number of urea groups is 1. The average Bonchev–Trinajstić information content (AvgIpc) is 2.83. The van der Waals surface area contributed by atoms with Crippen molar-refractivity contribution in [2.45, 2.75) is 13.0 Å². The van der Waals surface area contributed by atoms with E-state index in [1.54, 1.807) is 4.90 Å². The minimum atomic E-state index is -0.255. The minimum Gasteiger partial charge on any atom is -0.378 e. The third-order valence-electron chi connectivity index (χ3n) is 2.39. The summed E-state index contributed by atoms with van der Waals surface area (Å²) in [6, 6.07) is -0.380. The summed E-state index contributed by atoms with van der Waals surface area (Å²) < 4.78 is 5.17. The summed E-state index contributed by atoms with van der Waals surface area (Å²) in [5.41, 5.74) is 0. The van der Waals surface area contributed by atoms with Gasteiger partial charge >= 0.3 is 6.03 Å². The lowest BCUT2D eigenvalue weighted by Gasteiger charge is -2.27. The van der Waals surface area contributed by atoms with E-state index in [0.717, 1.165) is 0 Å². The number of tetrazole rings is 1. The maximum atomic E-state index is 11.8. The van der Waals surface area contributed by atoms with Crippen LogP contribution < -0.4 is 5.32 Å². The van der Waals surface area contributed by atoms with Crippen molar-refractivity contribution < 1.29 is 9.53 Å². The molecule has 1 atom stereocenters. The largest absolute Gasteiger partial charge is 0.378 e. The first kappa shape index (κ1) is 10.8. The molecule has 2 amide bonds. The number of H-pyrrole nitrogens is 1. The molecule has 1 aliphatic heterocycles. The van der Waals surface area contributed by atoms with E-state index in [1.807, 2.05) is 6.92 Å². The quantitative estimate of drug-likeness (QED) is 0.695. The molecular weight excluding hydrogens is 212 g/mol. The fraction of sp³-hybridized carbons (Fsp3) is 0.750. The SMILES string of the molecule is CC(NC(=O)N1CCOCC1)c1nn[nH]n1. The Balaban J connectivity index is 1.86. The highest BCUT2D eigenvalue weighted by molar-refractivity contribution is 5.74. The van der Waals surface area contributed by atoms with Crippen LogP contribution in [-0.2, 0) is 4.74 Å². The van der Waals surface area contributed by atoms with Crippen molar-refractivity contribution in [1.29, 1.82) is 0 Å². The molecule has 16 heavy (non-hydrogen) atoms. The van der Waals surface area contributed by atoms with Gasteiger partial charge in [0.1, 0.15) is 0 Å². The van der Waals surface area contributed by atoms with Crippen molar-refractivity contribution in [3.05, 3.63) is 5.82 Å². The Hall–Kier alpha value is -1.70. The van der Waals surface area contributed by atoms with Crippen LogP contribution in [0, 0.1) is 0 Å². The zero-order chi connectivity index (χ0) is 11.4. The van der Waals surface area contributed by atoms with Crippen LogP contribution in [0.1, 0.15) is 18.8 Å². The highest BCUT2D eigenvalue weighted by Crippen LogP contribution is 2.05. The summed E-state index contributed by atoms with van der Waals surface area (Å²) in [4.78, 5) is 13.5. The Bertz CT molecular complexity index is 334. The van der Waals surface area contributed by atoms with E-state index < -0.39 is 0 Å². The molecule has 2 rings (SSSR count). The average molecular weight is 226 g/mol. The highest BCUT2D eigenvalue weighted by Gasteiger charge is 2.20. The van der Waals surface area contributed by atoms with E-state index >= 15 is 0 Å². The van der Waals surface area contributed by atoms with Gasteiger partial charge in [0.2, 0.25) is 0 Å². The summed E-state index contributed by atoms with van der Waals surface area (Å²) >= 11 is 0. The van der Waals surface area contributed by atoms with E-state index in [9.17, 15) is 4.79 Å². The number of carbonyl (C=O) groups excluding carboxylic acids is 1. The number of aromatic nitrogens is 4. The van der Waals surface area contributed by atoms with E-state index in [1.165, 1.54) is 0 Å². The predicted octanol–water partition coefficient (Wildman–Crippen LogP) is -0.697. The Morgan fingerprint density at radius 2 is 2.31 bits per heavy atom. The van der Waals surface area contributed by atoms with E-state index in [0.29, 0.717) is 32.1 Å². The molecule has 8 nitrogen and oxygen atoms in total. The standard InChI is InChI=1S/C8H14N6O2/c1-6(7-10-12-13-11-7)9-8(15)14-2-4-16-5-3-14/h6H,2-5H2,1H3,(H,9,15)(H,10,11,12,13). The second-order valence-electron chi connectivity index (χ2n) is 3.54. The van der Waals surface area contributed by atoms with Gasteiger partial charge in [-0.1, -0.05) is 5.21 Å². The van der Waals surface area contributed by atoms with Gasteiger partial charge in [-0.05, 0) is 6.92 Å². The van der Waals surface area contributed by atoms with Crippen molar-refractivity contribution in [2.24, 2.45) is 0 Å². The van der Waals surface area contributed by atoms with E-state index in [4.69, 9.17) is 4.74 Å². The van der Waals surface area contributed by atoms with Crippen molar-refractivity contribution in [2.75, 3.05) is 26.3 Å². The van der Waals surface area contributed by atoms with Gasteiger partial charge in [-0.3, -0.25) is 0 Å². The third kappa shape index (κ3) is 2.45. The number of rotatable bonds is 2. The van der Waals surface area contributed by atoms with Crippen LogP contribution in [0.15, 0.2) is 0 Å². The van der Waals surface area contributed by atoms with Gasteiger partial charge in [-0.15, -0.1) is 10.2 Å². The lowest BCUT2D eigenvalue weighted by Crippen LogP contribution is -2.46. The fourth-order valence-corrected chi connectivity index (χ4v) is 1.46. The first-order chi connectivity index (χ1) is 7.77. The molecule has 8 heteroatoms. The fourth-order valence-electron chi connectivity index (χ4n) is 1.46. The smallest absolute Gasteiger partial charge is 0.318 e. The summed E-state index contributed by atoms with van der Waals surface area (Å²) in [5.74, 6) is 0.474. The Morgan fingerprint density at radius 1 is 1.56 bits per heavy atom. The molecule has 1 unspecified atom stereocenters. The lowest BCUT2D eigenvalue weighted by molar-refractivity contribution is 0.0525. The van der Waals surface area contributed by atoms with Crippen LogP contribution in [-0.4, -0.2) is 57.9 Å². The molecule has 1 fully saturated rings. The Labute approximate surface area is 92.3 Å². The highest BCUT2D eigenvalue weighted by atomic mass is 16.5. The zero-order valence-corrected chi connectivity index (χ0v) is 9.01. The van der Waals surface area contributed by atoms with Gasteiger partial charge in [0, 0.05) is 13.1 Å². The normalized spacial score (nSPS) is 18.2. The number of ether oxygens (including phenoxy) is 1. The molecule has 1 aromatic heterocycles. The second kappa shape index (κ2) is 4.88. The third-order valence-corrected chi connectivity index (χ3v) is 2.39. The van der Waals surface area contributed by atoms with Crippen LogP contribution >= 0.6 is 0 Å². The van der Waals surface area contributed by atoms with Crippen molar-refractivity contribution in [3.63, 3.8) is 0 Å². The van der Waals surface area contributed by atoms with Crippen molar-refractivity contribution >= 4 is 6.03 Å². The number of aromatic amines is 1. The molecule has 88 valence electrons. The minimum absolute atomic E-state index is 0.124. The molecule has 0 aromatic carbocycles. The van der Waals surface area contributed by atoms with Crippen LogP contribution in [0.5, 0.6) is 0 Å². The van der Waals surface area contributed by atoms with Gasteiger partial charge in [-0.25, -0.2) is 4.79 Å². The van der Waals surface area contributed by atoms with Crippen LogP contribution in [0.3, 0.4) is 0 Å². The van der Waals surface area contributed by atoms with Gasteiger partial charge in [0.05, 0.1) is 19.3 Å². The molecule has 0 aliphatic carbocycles. The summed E-state index contributed by atoms with van der Waals surface area (Å²) in [5, 5.41) is 16.2. The second-order valence-corrected chi connectivity index (χ2v) is 3.54. The van der Waals surface area contributed by atoms with Gasteiger partial charge in [0.15, 0.2) is 5.82 Å². The monoisotopic (exact) mass is 226 g/mol. The Kier molecular flexibility index (Phi) is 3.30. The maximum Gasteiger partial charge on any atom is 0.318 e. The number of amides is 2. The number of hydrogen-bond acceptors (Lipinski definition) is 5. The molecule has 1 aliphatic rings. The molecular formula is C8H14N6O2. The maximum absolute atomic E-state index is 11.8. The molecule has 2 heterocycles. The van der Waals surface area contributed by atoms with Gasteiger partial charge in [0.25, 0.3) is 0 Å². The molecule has 1 saturated heterocycles. The van der Waals surface area contributed by atoms with Gasteiger partial charge < -0.3 is 15.0 Å². The molecule has 0 radical (unpaired) electrons. The zero-order valence-electron chi connectivity index (χ0n) is 9.01. The van der Waals surface area contributed by atoms with Crippen LogP contribution in [0.25, 0.3) is 0 Å². The number of nitrogens with zero attached hydrogens (tertiary/aromatic N) is 4. The molecule has 0 saturated carbocycles. The molecule has 2 N–H and O–H groups in total.